The lowest BCUT2D eigenvalue weighted by atomic mass is 10.0. The summed E-state index contributed by atoms with van der Waals surface area (Å²) >= 11 is 6.47. The lowest BCUT2D eigenvalue weighted by Crippen LogP contribution is -2.12. The van der Waals surface area contributed by atoms with E-state index >= 15 is 0 Å². The van der Waals surface area contributed by atoms with E-state index in [-0.39, 0.29) is 5.43 Å². The maximum atomic E-state index is 12.9. The van der Waals surface area contributed by atoms with E-state index in [0.29, 0.717) is 27.0 Å². The zero-order valence-electron chi connectivity index (χ0n) is 13.9. The zero-order chi connectivity index (χ0) is 17.6. The maximum absolute atomic E-state index is 12.9. The zero-order valence-corrected chi connectivity index (χ0v) is 14.6. The summed E-state index contributed by atoms with van der Waals surface area (Å²) in [5.41, 5.74) is 2.99. The fourth-order valence-electron chi connectivity index (χ4n) is 3.02. The molecule has 2 heterocycles. The van der Waals surface area contributed by atoms with Gasteiger partial charge in [-0.15, -0.1) is 0 Å². The van der Waals surface area contributed by atoms with Crippen molar-refractivity contribution in [3.63, 3.8) is 0 Å². The molecule has 0 aliphatic rings. The minimum absolute atomic E-state index is 0.0459. The number of aromatic nitrogens is 2. The van der Waals surface area contributed by atoms with Crippen LogP contribution in [-0.4, -0.2) is 24.1 Å². The molecule has 25 heavy (non-hydrogen) atoms. The molecule has 0 saturated carbocycles. The van der Waals surface area contributed by atoms with E-state index in [0.717, 1.165) is 16.9 Å². The number of fused-ring (bicyclic) bond motifs is 2. The minimum Gasteiger partial charge on any atom is -0.363 e. The first-order valence-corrected chi connectivity index (χ1v) is 8.32. The molecule has 4 rings (SSSR count). The summed E-state index contributed by atoms with van der Waals surface area (Å²) in [7, 11) is 3.83. The number of anilines is 1. The Balaban J connectivity index is 2.14. The molecule has 0 atom stereocenters. The largest absolute Gasteiger partial charge is 0.363 e. The quantitative estimate of drug-likeness (QED) is 0.543. The predicted octanol–water partition coefficient (Wildman–Crippen LogP) is 4.46. The van der Waals surface area contributed by atoms with Crippen LogP contribution in [0.5, 0.6) is 0 Å². The van der Waals surface area contributed by atoms with E-state index in [1.54, 1.807) is 12.1 Å². The Morgan fingerprint density at radius 3 is 2.40 bits per heavy atom. The normalized spacial score (nSPS) is 11.2. The average Bonchev–Trinajstić information content (AvgIpc) is 2.62. The van der Waals surface area contributed by atoms with Crippen molar-refractivity contribution < 1.29 is 0 Å². The summed E-state index contributed by atoms with van der Waals surface area (Å²) in [6, 6.07) is 17.0. The van der Waals surface area contributed by atoms with Gasteiger partial charge in [0.15, 0.2) is 5.43 Å². The third kappa shape index (κ3) is 2.55. The first-order valence-electron chi connectivity index (χ1n) is 7.94. The molecule has 0 radical (unpaired) electrons. The lowest BCUT2D eigenvalue weighted by Gasteiger charge is -2.13. The summed E-state index contributed by atoms with van der Waals surface area (Å²) in [6.45, 7) is 0. The predicted molar refractivity (Wildman–Crippen MR) is 105 cm³/mol. The third-order valence-electron chi connectivity index (χ3n) is 4.29. The first-order chi connectivity index (χ1) is 12.1. The average molecular weight is 350 g/mol. The van der Waals surface area contributed by atoms with E-state index in [1.807, 2.05) is 61.5 Å². The molecule has 0 aliphatic heterocycles. The van der Waals surface area contributed by atoms with Gasteiger partial charge in [0.05, 0.1) is 15.9 Å². The summed E-state index contributed by atoms with van der Waals surface area (Å²) < 4.78 is 0. The van der Waals surface area contributed by atoms with Gasteiger partial charge in [0.2, 0.25) is 0 Å². The number of nitrogens with zero attached hydrogens (tertiary/aromatic N) is 2. The molecule has 2 aromatic carbocycles. The highest BCUT2D eigenvalue weighted by Crippen LogP contribution is 2.33. The van der Waals surface area contributed by atoms with Gasteiger partial charge in [-0.1, -0.05) is 41.9 Å². The van der Waals surface area contributed by atoms with Crippen LogP contribution in [0.25, 0.3) is 33.1 Å². The fraction of sp³-hybridized carbons (Fsp3) is 0.100. The standard InChI is InChI=1S/C20H16ClN3O/c1-24(2)16-11-9-14-19(25)13-8-10-15(21)17(12-6-4-3-5-7-12)18(13)23-20(14)22-16/h3-11H,1-2H3,(H,22,23,25). The molecule has 0 fully saturated rings. The van der Waals surface area contributed by atoms with E-state index in [1.165, 1.54) is 0 Å². The van der Waals surface area contributed by atoms with Crippen LogP contribution in [0.3, 0.4) is 0 Å². The molecule has 1 N–H and O–H groups in total. The number of hydrogen-bond donors (Lipinski definition) is 1. The van der Waals surface area contributed by atoms with Crippen molar-refractivity contribution in [1.82, 2.24) is 9.97 Å². The molecule has 5 heteroatoms. The molecule has 0 amide bonds. The van der Waals surface area contributed by atoms with Gasteiger partial charge in [-0.3, -0.25) is 4.79 Å². The second-order valence-electron chi connectivity index (χ2n) is 6.13. The Labute approximate surface area is 149 Å². The molecule has 0 spiro atoms. The van der Waals surface area contributed by atoms with Crippen LogP contribution in [0.15, 0.2) is 59.4 Å². The van der Waals surface area contributed by atoms with Crippen molar-refractivity contribution in [2.45, 2.75) is 0 Å². The van der Waals surface area contributed by atoms with Crippen molar-refractivity contribution >= 4 is 39.4 Å². The van der Waals surface area contributed by atoms with Crippen LogP contribution in [0, 0.1) is 0 Å². The third-order valence-corrected chi connectivity index (χ3v) is 4.60. The fourth-order valence-corrected chi connectivity index (χ4v) is 3.29. The topological polar surface area (TPSA) is 49.0 Å². The molecule has 0 saturated heterocycles. The minimum atomic E-state index is -0.0459. The SMILES string of the molecule is CN(C)c1ccc2c(=O)c3ccc(Cl)c(-c4ccccc4)c3[nH]c2n1. The number of nitrogens with one attached hydrogen (secondary N) is 1. The van der Waals surface area contributed by atoms with E-state index in [2.05, 4.69) is 9.97 Å². The molecular weight excluding hydrogens is 334 g/mol. The number of hydrogen-bond acceptors (Lipinski definition) is 3. The summed E-state index contributed by atoms with van der Waals surface area (Å²) in [5.74, 6) is 0.783. The van der Waals surface area contributed by atoms with Crippen molar-refractivity contribution in [3.8, 4) is 11.1 Å². The maximum Gasteiger partial charge on any atom is 0.198 e. The molecule has 0 unspecified atom stereocenters. The Kier molecular flexibility index (Phi) is 3.70. The number of rotatable bonds is 2. The van der Waals surface area contributed by atoms with Crippen molar-refractivity contribution in [2.24, 2.45) is 0 Å². The van der Waals surface area contributed by atoms with Crippen LogP contribution < -0.4 is 10.3 Å². The van der Waals surface area contributed by atoms with Gasteiger partial charge >= 0.3 is 0 Å². The van der Waals surface area contributed by atoms with Gasteiger partial charge in [-0.05, 0) is 29.8 Å². The van der Waals surface area contributed by atoms with Crippen LogP contribution in [0.2, 0.25) is 5.02 Å². The second kappa shape index (κ2) is 5.90. The van der Waals surface area contributed by atoms with E-state index in [9.17, 15) is 4.79 Å². The monoisotopic (exact) mass is 349 g/mol. The Morgan fingerprint density at radius 1 is 0.960 bits per heavy atom. The molecule has 2 aromatic heterocycles. The van der Waals surface area contributed by atoms with E-state index < -0.39 is 0 Å². The van der Waals surface area contributed by atoms with Crippen molar-refractivity contribution in [3.05, 3.63) is 69.8 Å². The van der Waals surface area contributed by atoms with Crippen LogP contribution in [0.4, 0.5) is 5.82 Å². The summed E-state index contributed by atoms with van der Waals surface area (Å²) in [5, 5.41) is 1.77. The Bertz CT molecular complexity index is 1150. The lowest BCUT2D eigenvalue weighted by molar-refractivity contribution is 1.08. The van der Waals surface area contributed by atoms with Gasteiger partial charge in [0, 0.05) is 25.0 Å². The molecular formula is C20H16ClN3O. The van der Waals surface area contributed by atoms with Gasteiger partial charge in [-0.2, -0.15) is 0 Å². The first kappa shape index (κ1) is 15.7. The molecule has 4 aromatic rings. The van der Waals surface area contributed by atoms with Crippen LogP contribution in [-0.2, 0) is 0 Å². The Morgan fingerprint density at radius 2 is 1.68 bits per heavy atom. The molecule has 4 nitrogen and oxygen atoms in total. The molecule has 124 valence electrons. The second-order valence-corrected chi connectivity index (χ2v) is 6.53. The Hall–Kier alpha value is -2.85. The highest BCUT2D eigenvalue weighted by molar-refractivity contribution is 6.35. The summed E-state index contributed by atoms with van der Waals surface area (Å²) in [6.07, 6.45) is 0. The van der Waals surface area contributed by atoms with Crippen molar-refractivity contribution in [1.29, 1.82) is 0 Å². The van der Waals surface area contributed by atoms with Gasteiger partial charge in [0.25, 0.3) is 0 Å². The number of halogens is 1. The number of pyridine rings is 2. The van der Waals surface area contributed by atoms with E-state index in [4.69, 9.17) is 11.6 Å². The van der Waals surface area contributed by atoms with Gasteiger partial charge in [-0.25, -0.2) is 4.98 Å². The number of aromatic amines is 1. The smallest absolute Gasteiger partial charge is 0.198 e. The number of benzene rings is 2. The van der Waals surface area contributed by atoms with Gasteiger partial charge in [0.1, 0.15) is 11.5 Å². The van der Waals surface area contributed by atoms with Crippen LogP contribution in [0.1, 0.15) is 0 Å². The summed E-state index contributed by atoms with van der Waals surface area (Å²) in [4.78, 5) is 22.8. The molecule has 0 bridgehead atoms. The van der Waals surface area contributed by atoms with Crippen molar-refractivity contribution in [2.75, 3.05) is 19.0 Å². The number of H-pyrrole nitrogens is 1. The highest BCUT2D eigenvalue weighted by atomic mass is 35.5. The van der Waals surface area contributed by atoms with Crippen LogP contribution >= 0.6 is 11.6 Å². The highest BCUT2D eigenvalue weighted by Gasteiger charge is 2.14. The molecule has 0 aliphatic carbocycles. The van der Waals surface area contributed by atoms with Gasteiger partial charge < -0.3 is 9.88 Å².